The highest BCUT2D eigenvalue weighted by atomic mass is 16.4. The van der Waals surface area contributed by atoms with Crippen LogP contribution in [0.2, 0.25) is 0 Å². The Bertz CT molecular complexity index is 1070. The first-order chi connectivity index (χ1) is 14.2. The van der Waals surface area contributed by atoms with E-state index >= 15 is 0 Å². The molecule has 1 heterocycles. The molecule has 0 fully saturated rings. The summed E-state index contributed by atoms with van der Waals surface area (Å²) in [4.78, 5) is 12.3. The van der Waals surface area contributed by atoms with Crippen molar-refractivity contribution in [3.63, 3.8) is 0 Å². The van der Waals surface area contributed by atoms with Gasteiger partial charge in [-0.15, -0.1) is 0 Å². The molecule has 0 saturated heterocycles. The summed E-state index contributed by atoms with van der Waals surface area (Å²) in [6.07, 6.45) is 1.55. The molecule has 0 aliphatic carbocycles. The molecule has 2 aromatic carbocycles. The second kappa shape index (κ2) is 8.54. The van der Waals surface area contributed by atoms with Gasteiger partial charge in [-0.05, 0) is 48.4 Å². The summed E-state index contributed by atoms with van der Waals surface area (Å²) in [7, 11) is 0. The fraction of sp³-hybridized carbons (Fsp3) is 0.320. The number of carboxylic acids is 1. The SMILES string of the molecule is CC(Cc1nn(-c2ccc(C#N)cc2)c(-c2ccccc2)c1C(=O)O)CC(C)(C)C. The number of carbonyl (C=O) groups is 1. The minimum Gasteiger partial charge on any atom is -0.478 e. The number of aromatic carboxylic acids is 1. The lowest BCUT2D eigenvalue weighted by Crippen LogP contribution is -2.14. The Morgan fingerprint density at radius 1 is 1.13 bits per heavy atom. The van der Waals surface area contributed by atoms with Crippen LogP contribution in [0.15, 0.2) is 54.6 Å². The molecule has 3 aromatic rings. The lowest BCUT2D eigenvalue weighted by atomic mass is 9.83. The van der Waals surface area contributed by atoms with Crippen molar-refractivity contribution >= 4 is 5.97 Å². The second-order valence-electron chi connectivity index (χ2n) is 8.99. The molecule has 0 saturated carbocycles. The number of nitrogens with zero attached hydrogens (tertiary/aromatic N) is 3. The third-order valence-corrected chi connectivity index (χ3v) is 4.96. The minimum absolute atomic E-state index is 0.154. The molecule has 3 rings (SSSR count). The Morgan fingerprint density at radius 2 is 1.77 bits per heavy atom. The van der Waals surface area contributed by atoms with Crippen molar-refractivity contribution in [1.82, 2.24) is 9.78 Å². The van der Waals surface area contributed by atoms with E-state index < -0.39 is 5.97 Å². The summed E-state index contributed by atoms with van der Waals surface area (Å²) in [5.41, 5.74) is 3.61. The van der Waals surface area contributed by atoms with Gasteiger partial charge in [-0.2, -0.15) is 10.4 Å². The van der Waals surface area contributed by atoms with Gasteiger partial charge in [0, 0.05) is 5.56 Å². The Labute approximate surface area is 177 Å². The predicted octanol–water partition coefficient (Wildman–Crippen LogP) is 5.72. The Balaban J connectivity index is 2.17. The monoisotopic (exact) mass is 401 g/mol. The minimum atomic E-state index is -0.980. The van der Waals surface area contributed by atoms with Crippen LogP contribution < -0.4 is 0 Å². The highest BCUT2D eigenvalue weighted by Gasteiger charge is 2.27. The maximum atomic E-state index is 12.3. The van der Waals surface area contributed by atoms with Gasteiger partial charge in [0.05, 0.1) is 28.7 Å². The van der Waals surface area contributed by atoms with Crippen molar-refractivity contribution < 1.29 is 9.90 Å². The normalized spacial score (nSPS) is 12.4. The topological polar surface area (TPSA) is 78.9 Å². The third-order valence-electron chi connectivity index (χ3n) is 4.96. The number of benzene rings is 2. The molecule has 0 aliphatic rings. The summed E-state index contributed by atoms with van der Waals surface area (Å²) in [6, 6.07) is 18.6. The van der Waals surface area contributed by atoms with Crippen LogP contribution >= 0.6 is 0 Å². The van der Waals surface area contributed by atoms with Crippen LogP contribution in [0.25, 0.3) is 16.9 Å². The molecule has 0 amide bonds. The standard InChI is InChI=1S/C25H27N3O2/c1-17(15-25(2,3)4)14-21-22(24(29)30)23(19-8-6-5-7-9-19)28(27-21)20-12-10-18(16-26)11-13-20/h5-13,17H,14-15H2,1-4H3,(H,29,30). The van der Waals surface area contributed by atoms with Crippen LogP contribution in [-0.4, -0.2) is 20.9 Å². The molecule has 5 nitrogen and oxygen atoms in total. The summed E-state index contributed by atoms with van der Waals surface area (Å²) in [6.45, 7) is 8.70. The molecular formula is C25H27N3O2. The molecule has 30 heavy (non-hydrogen) atoms. The van der Waals surface area contributed by atoms with Crippen molar-refractivity contribution in [1.29, 1.82) is 5.26 Å². The van der Waals surface area contributed by atoms with Crippen LogP contribution in [0.1, 0.15) is 55.7 Å². The molecule has 0 aliphatic heterocycles. The molecule has 1 aromatic heterocycles. The van der Waals surface area contributed by atoms with Gasteiger partial charge in [0.15, 0.2) is 0 Å². The number of hydrogen-bond acceptors (Lipinski definition) is 3. The van der Waals surface area contributed by atoms with Crippen LogP contribution in [0, 0.1) is 22.7 Å². The second-order valence-corrected chi connectivity index (χ2v) is 8.99. The van der Waals surface area contributed by atoms with E-state index in [9.17, 15) is 9.90 Å². The zero-order valence-corrected chi connectivity index (χ0v) is 17.9. The van der Waals surface area contributed by atoms with E-state index in [2.05, 4.69) is 33.8 Å². The number of carboxylic acid groups (broad SMARTS) is 1. The van der Waals surface area contributed by atoms with Crippen LogP contribution in [0.4, 0.5) is 0 Å². The molecule has 1 N–H and O–H groups in total. The first-order valence-corrected chi connectivity index (χ1v) is 10.1. The molecule has 5 heteroatoms. The smallest absolute Gasteiger partial charge is 0.339 e. The molecule has 0 spiro atoms. The predicted molar refractivity (Wildman–Crippen MR) is 118 cm³/mol. The quantitative estimate of drug-likeness (QED) is 0.572. The highest BCUT2D eigenvalue weighted by molar-refractivity contribution is 5.96. The molecule has 0 radical (unpaired) electrons. The largest absolute Gasteiger partial charge is 0.478 e. The maximum absolute atomic E-state index is 12.3. The number of nitriles is 1. The molecule has 1 atom stereocenters. The van der Waals surface area contributed by atoms with Crippen molar-refractivity contribution in [2.75, 3.05) is 0 Å². The van der Waals surface area contributed by atoms with Crippen LogP contribution in [-0.2, 0) is 6.42 Å². The summed E-state index contributed by atoms with van der Waals surface area (Å²) in [5, 5.41) is 24.0. The van der Waals surface area contributed by atoms with Crippen molar-refractivity contribution in [3.8, 4) is 23.0 Å². The van der Waals surface area contributed by atoms with Crippen molar-refractivity contribution in [2.24, 2.45) is 11.3 Å². The zero-order valence-electron chi connectivity index (χ0n) is 17.9. The first kappa shape index (κ1) is 21.3. The van der Waals surface area contributed by atoms with Gasteiger partial charge in [0.2, 0.25) is 0 Å². The Hall–Kier alpha value is -3.39. The molecular weight excluding hydrogens is 374 g/mol. The zero-order chi connectivity index (χ0) is 21.9. The van der Waals surface area contributed by atoms with E-state index in [0.29, 0.717) is 23.4 Å². The Kier molecular flexibility index (Phi) is 6.07. The van der Waals surface area contributed by atoms with Gasteiger partial charge in [-0.3, -0.25) is 0 Å². The van der Waals surface area contributed by atoms with E-state index in [1.807, 2.05) is 30.3 Å². The fourth-order valence-electron chi connectivity index (χ4n) is 4.01. The molecule has 0 bridgehead atoms. The maximum Gasteiger partial charge on any atom is 0.339 e. The van der Waals surface area contributed by atoms with Crippen LogP contribution in [0.3, 0.4) is 0 Å². The van der Waals surface area contributed by atoms with Gasteiger partial charge >= 0.3 is 5.97 Å². The average molecular weight is 402 g/mol. The summed E-state index contributed by atoms with van der Waals surface area (Å²) in [5.74, 6) is -0.692. The Morgan fingerprint density at radius 3 is 2.30 bits per heavy atom. The van der Waals surface area contributed by atoms with E-state index in [0.717, 1.165) is 17.7 Å². The average Bonchev–Trinajstić information content (AvgIpc) is 3.06. The van der Waals surface area contributed by atoms with Crippen molar-refractivity contribution in [3.05, 3.63) is 71.4 Å². The van der Waals surface area contributed by atoms with E-state index in [1.165, 1.54) is 0 Å². The van der Waals surface area contributed by atoms with Gasteiger partial charge in [0.1, 0.15) is 5.56 Å². The highest BCUT2D eigenvalue weighted by Crippen LogP contribution is 2.33. The number of rotatable bonds is 6. The van der Waals surface area contributed by atoms with Gasteiger partial charge in [0.25, 0.3) is 0 Å². The van der Waals surface area contributed by atoms with Gasteiger partial charge < -0.3 is 5.11 Å². The van der Waals surface area contributed by atoms with E-state index in [-0.39, 0.29) is 16.9 Å². The first-order valence-electron chi connectivity index (χ1n) is 10.1. The van der Waals surface area contributed by atoms with Crippen LogP contribution in [0.5, 0.6) is 0 Å². The van der Waals surface area contributed by atoms with Gasteiger partial charge in [-0.25, -0.2) is 9.48 Å². The summed E-state index contributed by atoms with van der Waals surface area (Å²) < 4.78 is 1.69. The molecule has 154 valence electrons. The van der Waals surface area contributed by atoms with E-state index in [4.69, 9.17) is 10.4 Å². The lowest BCUT2D eigenvalue weighted by molar-refractivity contribution is 0.0696. The van der Waals surface area contributed by atoms with E-state index in [1.54, 1.807) is 28.9 Å². The van der Waals surface area contributed by atoms with Crippen molar-refractivity contribution in [2.45, 2.75) is 40.5 Å². The number of aromatic nitrogens is 2. The molecule has 1 unspecified atom stereocenters. The lowest BCUT2D eigenvalue weighted by Gasteiger charge is -2.22. The fourth-order valence-corrected chi connectivity index (χ4v) is 4.01. The summed E-state index contributed by atoms with van der Waals surface area (Å²) >= 11 is 0. The van der Waals surface area contributed by atoms with Gasteiger partial charge in [-0.1, -0.05) is 58.0 Å². The number of hydrogen-bond donors (Lipinski definition) is 1. The third kappa shape index (κ3) is 4.77.